The number of rotatable bonds is 6. The highest BCUT2D eigenvalue weighted by atomic mass is 16.5. The maximum absolute atomic E-state index is 12.0. The van der Waals surface area contributed by atoms with Crippen LogP contribution in [-0.4, -0.2) is 24.5 Å². The molecular weight excluding hydrogens is 256 g/mol. The van der Waals surface area contributed by atoms with Crippen LogP contribution in [0, 0.1) is 5.92 Å². The smallest absolute Gasteiger partial charge is 0.307 e. The first-order valence-corrected chi connectivity index (χ1v) is 6.71. The van der Waals surface area contributed by atoms with Gasteiger partial charge in [0.2, 0.25) is 0 Å². The fraction of sp³-hybridized carbons (Fsp3) is 0.467. The van der Waals surface area contributed by atoms with Crippen molar-refractivity contribution in [1.29, 1.82) is 0 Å². The van der Waals surface area contributed by atoms with Crippen molar-refractivity contribution in [3.05, 3.63) is 29.8 Å². The van der Waals surface area contributed by atoms with Gasteiger partial charge in [0, 0.05) is 11.7 Å². The zero-order valence-corrected chi connectivity index (χ0v) is 12.2. The van der Waals surface area contributed by atoms with Crippen LogP contribution in [0.5, 0.6) is 0 Å². The van der Waals surface area contributed by atoms with E-state index in [9.17, 15) is 9.59 Å². The first kappa shape index (κ1) is 16.0. The van der Waals surface area contributed by atoms with Gasteiger partial charge in [-0.3, -0.25) is 9.59 Å². The van der Waals surface area contributed by atoms with Crippen LogP contribution in [-0.2, 0) is 9.53 Å². The summed E-state index contributed by atoms with van der Waals surface area (Å²) in [6.45, 7) is 6.09. The Morgan fingerprint density at radius 1 is 1.25 bits per heavy atom. The van der Waals surface area contributed by atoms with Crippen LogP contribution in [0.15, 0.2) is 24.3 Å². The second-order valence-corrected chi connectivity index (χ2v) is 5.24. The third-order valence-electron chi connectivity index (χ3n) is 2.63. The molecule has 0 unspecified atom stereocenters. The minimum Gasteiger partial charge on any atom is -0.465 e. The molecule has 1 atom stereocenters. The summed E-state index contributed by atoms with van der Waals surface area (Å²) in [5.74, 6) is -0.298. The quantitative estimate of drug-likeness (QED) is 0.616. The van der Waals surface area contributed by atoms with Crippen molar-refractivity contribution in [2.75, 3.05) is 12.3 Å². The van der Waals surface area contributed by atoms with Gasteiger partial charge in [0.15, 0.2) is 0 Å². The van der Waals surface area contributed by atoms with E-state index >= 15 is 0 Å². The number of benzene rings is 1. The number of carbonyl (C=O) groups is 2. The zero-order valence-electron chi connectivity index (χ0n) is 12.2. The summed E-state index contributed by atoms with van der Waals surface area (Å²) >= 11 is 0. The number of anilines is 1. The Hall–Kier alpha value is -2.04. The Balaban J connectivity index is 2.46. The molecule has 1 aromatic carbocycles. The highest BCUT2D eigenvalue weighted by molar-refractivity contribution is 5.99. The fourth-order valence-electron chi connectivity index (χ4n) is 1.62. The van der Waals surface area contributed by atoms with Crippen molar-refractivity contribution in [3.8, 4) is 0 Å². The van der Waals surface area contributed by atoms with Gasteiger partial charge in [-0.05, 0) is 25.0 Å². The summed E-state index contributed by atoms with van der Waals surface area (Å²) in [6, 6.07) is 6.51. The maximum atomic E-state index is 12.0. The van der Waals surface area contributed by atoms with E-state index in [1.165, 1.54) is 0 Å². The molecular formula is C15H22N2O3. The first-order chi connectivity index (χ1) is 9.40. The van der Waals surface area contributed by atoms with E-state index in [1.54, 1.807) is 31.2 Å². The normalized spacial score (nSPS) is 12.0. The lowest BCUT2D eigenvalue weighted by molar-refractivity contribution is -0.145. The number of ether oxygens (including phenoxy) is 1. The van der Waals surface area contributed by atoms with Gasteiger partial charge in [-0.25, -0.2) is 0 Å². The summed E-state index contributed by atoms with van der Waals surface area (Å²) in [4.78, 5) is 23.5. The number of carbonyl (C=O) groups excluding carboxylic acids is 2. The van der Waals surface area contributed by atoms with Gasteiger partial charge in [0.05, 0.1) is 18.6 Å². The molecule has 0 saturated carbocycles. The molecule has 0 fully saturated rings. The minimum atomic E-state index is -0.312. The van der Waals surface area contributed by atoms with E-state index in [-0.39, 0.29) is 24.3 Å². The van der Waals surface area contributed by atoms with Crippen LogP contribution in [0.25, 0.3) is 0 Å². The van der Waals surface area contributed by atoms with Crippen molar-refractivity contribution < 1.29 is 14.3 Å². The summed E-state index contributed by atoms with van der Waals surface area (Å²) in [6.07, 6.45) is 0.144. The third kappa shape index (κ3) is 5.30. The molecule has 0 aromatic heterocycles. The van der Waals surface area contributed by atoms with E-state index < -0.39 is 0 Å². The van der Waals surface area contributed by atoms with Crippen molar-refractivity contribution in [2.45, 2.75) is 33.2 Å². The molecule has 5 heteroatoms. The molecule has 0 aliphatic heterocycles. The van der Waals surface area contributed by atoms with Gasteiger partial charge in [0.25, 0.3) is 5.91 Å². The molecule has 0 aliphatic carbocycles. The molecule has 20 heavy (non-hydrogen) atoms. The number of esters is 1. The molecule has 0 heterocycles. The van der Waals surface area contributed by atoms with Gasteiger partial charge >= 0.3 is 5.97 Å². The predicted octanol–water partition coefficient (Wildman–Crippen LogP) is 1.98. The Morgan fingerprint density at radius 2 is 1.90 bits per heavy atom. The molecule has 1 aromatic rings. The highest BCUT2D eigenvalue weighted by Gasteiger charge is 2.15. The Bertz CT molecular complexity index is 472. The van der Waals surface area contributed by atoms with E-state index in [0.717, 1.165) is 0 Å². The molecule has 5 nitrogen and oxygen atoms in total. The van der Waals surface area contributed by atoms with Gasteiger partial charge in [-0.1, -0.05) is 26.0 Å². The highest BCUT2D eigenvalue weighted by Crippen LogP contribution is 2.10. The van der Waals surface area contributed by atoms with Crippen molar-refractivity contribution in [1.82, 2.24) is 5.32 Å². The number of amides is 1. The summed E-state index contributed by atoms with van der Waals surface area (Å²) in [5.41, 5.74) is 6.56. The maximum Gasteiger partial charge on any atom is 0.307 e. The second kappa shape index (κ2) is 7.53. The molecule has 0 radical (unpaired) electrons. The van der Waals surface area contributed by atoms with Gasteiger partial charge < -0.3 is 15.8 Å². The molecule has 0 spiro atoms. The third-order valence-corrected chi connectivity index (χ3v) is 2.63. The van der Waals surface area contributed by atoms with E-state index in [2.05, 4.69) is 5.32 Å². The number of para-hydroxylation sites is 1. The molecule has 110 valence electrons. The van der Waals surface area contributed by atoms with Crippen LogP contribution < -0.4 is 11.1 Å². The summed E-state index contributed by atoms with van der Waals surface area (Å²) in [5, 5.41) is 2.74. The Labute approximate surface area is 119 Å². The molecule has 1 amide bonds. The average molecular weight is 278 g/mol. The van der Waals surface area contributed by atoms with Gasteiger partial charge in [-0.2, -0.15) is 0 Å². The lowest BCUT2D eigenvalue weighted by atomic mass is 10.1. The first-order valence-electron chi connectivity index (χ1n) is 6.71. The molecule has 0 saturated heterocycles. The van der Waals surface area contributed by atoms with Crippen LogP contribution in [0.4, 0.5) is 5.69 Å². The minimum absolute atomic E-state index is 0.144. The van der Waals surface area contributed by atoms with Gasteiger partial charge in [-0.15, -0.1) is 0 Å². The summed E-state index contributed by atoms with van der Waals surface area (Å²) in [7, 11) is 0. The standard InChI is InChI=1S/C15H22N2O3/c1-10(2)9-20-14(18)8-11(3)17-15(19)12-6-4-5-7-13(12)16/h4-7,10-11H,8-9,16H2,1-3H3,(H,17,19)/t11-/m1/s1. The predicted molar refractivity (Wildman–Crippen MR) is 78.2 cm³/mol. The van der Waals surface area contributed by atoms with Crippen molar-refractivity contribution in [2.24, 2.45) is 5.92 Å². The Morgan fingerprint density at radius 3 is 2.50 bits per heavy atom. The van der Waals surface area contributed by atoms with Crippen LogP contribution in [0.1, 0.15) is 37.6 Å². The van der Waals surface area contributed by atoms with Crippen LogP contribution >= 0.6 is 0 Å². The van der Waals surface area contributed by atoms with Crippen molar-refractivity contribution >= 4 is 17.6 Å². The number of hydrogen-bond acceptors (Lipinski definition) is 4. The Kier molecular flexibility index (Phi) is 6.03. The lowest BCUT2D eigenvalue weighted by Gasteiger charge is -2.14. The molecule has 0 bridgehead atoms. The molecule has 0 aliphatic rings. The van der Waals surface area contributed by atoms with E-state index in [1.807, 2.05) is 13.8 Å². The number of nitrogens with two attached hydrogens (primary N) is 1. The largest absolute Gasteiger partial charge is 0.465 e. The fourth-order valence-corrected chi connectivity index (χ4v) is 1.62. The number of nitrogens with one attached hydrogen (secondary N) is 1. The number of hydrogen-bond donors (Lipinski definition) is 2. The summed E-state index contributed by atoms with van der Waals surface area (Å²) < 4.78 is 5.07. The van der Waals surface area contributed by atoms with Gasteiger partial charge in [0.1, 0.15) is 0 Å². The average Bonchev–Trinajstić information content (AvgIpc) is 2.36. The number of nitrogen functional groups attached to an aromatic ring is 1. The van der Waals surface area contributed by atoms with E-state index in [4.69, 9.17) is 10.5 Å². The second-order valence-electron chi connectivity index (χ2n) is 5.24. The van der Waals surface area contributed by atoms with Crippen LogP contribution in [0.3, 0.4) is 0 Å². The molecule has 1 rings (SSSR count). The van der Waals surface area contributed by atoms with Crippen molar-refractivity contribution in [3.63, 3.8) is 0 Å². The zero-order chi connectivity index (χ0) is 15.1. The molecule has 3 N–H and O–H groups in total. The van der Waals surface area contributed by atoms with Crippen LogP contribution in [0.2, 0.25) is 0 Å². The lowest BCUT2D eigenvalue weighted by Crippen LogP contribution is -2.35. The van der Waals surface area contributed by atoms with E-state index in [0.29, 0.717) is 23.8 Å². The monoisotopic (exact) mass is 278 g/mol. The topological polar surface area (TPSA) is 81.4 Å². The SMILES string of the molecule is CC(C)COC(=O)C[C@@H](C)NC(=O)c1ccccc1N.